The molecule has 2 aliphatic rings. The zero-order valence-corrected chi connectivity index (χ0v) is 9.87. The molecule has 2 N–H and O–H groups in total. The lowest BCUT2D eigenvalue weighted by Gasteiger charge is -2.28. The highest BCUT2D eigenvalue weighted by molar-refractivity contribution is 5.78. The number of amides is 2. The van der Waals surface area contributed by atoms with Crippen molar-refractivity contribution in [1.29, 1.82) is 0 Å². The second-order valence-corrected chi connectivity index (χ2v) is 4.84. The molecule has 0 bridgehead atoms. The summed E-state index contributed by atoms with van der Waals surface area (Å²) in [7, 11) is 0. The Morgan fingerprint density at radius 3 is 2.41 bits per heavy atom. The Morgan fingerprint density at radius 1 is 1.24 bits per heavy atom. The van der Waals surface area contributed by atoms with E-state index in [0.717, 1.165) is 0 Å². The number of aliphatic carboxylic acids is 1. The summed E-state index contributed by atoms with van der Waals surface area (Å²) in [5.41, 5.74) is 0. The Kier molecular flexibility index (Phi) is 3.24. The SMILES string of the molecule is CC1C(C(=O)O)CCN1C(=O)N1CCC(O)C1. The predicted octanol–water partition coefficient (Wildman–Crippen LogP) is -0.0320. The van der Waals surface area contributed by atoms with Crippen LogP contribution in [0.2, 0.25) is 0 Å². The quantitative estimate of drug-likeness (QED) is 0.676. The van der Waals surface area contributed by atoms with Gasteiger partial charge in [0.15, 0.2) is 0 Å². The normalized spacial score (nSPS) is 33.2. The van der Waals surface area contributed by atoms with Crippen LogP contribution in [0, 0.1) is 5.92 Å². The number of hydrogen-bond acceptors (Lipinski definition) is 3. The number of β-amino-alcohol motifs (C(OH)–C–C–N with tert-alkyl or cyclic N) is 1. The third-order valence-corrected chi connectivity index (χ3v) is 3.75. The number of nitrogens with zero attached hydrogens (tertiary/aromatic N) is 2. The van der Waals surface area contributed by atoms with Gasteiger partial charge in [-0.15, -0.1) is 0 Å². The fourth-order valence-electron chi connectivity index (χ4n) is 2.64. The van der Waals surface area contributed by atoms with Crippen molar-refractivity contribution in [3.63, 3.8) is 0 Å². The van der Waals surface area contributed by atoms with Crippen LogP contribution < -0.4 is 0 Å². The summed E-state index contributed by atoms with van der Waals surface area (Å²) in [6.07, 6.45) is 0.682. The number of carboxylic acids is 1. The molecule has 2 heterocycles. The average molecular weight is 242 g/mol. The van der Waals surface area contributed by atoms with Crippen molar-refractivity contribution in [1.82, 2.24) is 9.80 Å². The molecule has 3 unspecified atom stereocenters. The van der Waals surface area contributed by atoms with E-state index in [1.165, 1.54) is 0 Å². The van der Waals surface area contributed by atoms with Gasteiger partial charge in [-0.25, -0.2) is 4.79 Å². The Hall–Kier alpha value is -1.30. The first kappa shape index (κ1) is 12.2. The zero-order valence-electron chi connectivity index (χ0n) is 9.87. The van der Waals surface area contributed by atoms with Crippen molar-refractivity contribution in [2.45, 2.75) is 31.9 Å². The van der Waals surface area contributed by atoms with Crippen molar-refractivity contribution in [3.8, 4) is 0 Å². The number of carbonyl (C=O) groups is 2. The summed E-state index contributed by atoms with van der Waals surface area (Å²) in [5.74, 6) is -1.30. The topological polar surface area (TPSA) is 81.1 Å². The van der Waals surface area contributed by atoms with Crippen molar-refractivity contribution in [2.75, 3.05) is 19.6 Å². The van der Waals surface area contributed by atoms with E-state index in [1.54, 1.807) is 16.7 Å². The van der Waals surface area contributed by atoms with Crippen LogP contribution in [0.5, 0.6) is 0 Å². The molecule has 96 valence electrons. The van der Waals surface area contributed by atoms with Gasteiger partial charge in [-0.1, -0.05) is 0 Å². The second-order valence-electron chi connectivity index (χ2n) is 4.84. The summed E-state index contributed by atoms with van der Waals surface area (Å²) < 4.78 is 0. The van der Waals surface area contributed by atoms with E-state index in [4.69, 9.17) is 5.11 Å². The molecule has 2 saturated heterocycles. The molecule has 2 aliphatic heterocycles. The molecular weight excluding hydrogens is 224 g/mol. The van der Waals surface area contributed by atoms with Gasteiger partial charge in [0.1, 0.15) is 0 Å². The minimum absolute atomic E-state index is 0.141. The summed E-state index contributed by atoms with van der Waals surface area (Å²) in [6, 6.07) is -0.407. The van der Waals surface area contributed by atoms with E-state index in [1.807, 2.05) is 0 Å². The van der Waals surface area contributed by atoms with E-state index in [9.17, 15) is 14.7 Å². The summed E-state index contributed by atoms with van der Waals surface area (Å²) in [5, 5.41) is 18.4. The highest BCUT2D eigenvalue weighted by Crippen LogP contribution is 2.26. The Morgan fingerprint density at radius 2 is 1.94 bits per heavy atom. The number of carbonyl (C=O) groups excluding carboxylic acids is 1. The third kappa shape index (κ3) is 2.22. The van der Waals surface area contributed by atoms with Gasteiger partial charge in [-0.05, 0) is 19.8 Å². The fraction of sp³-hybridized carbons (Fsp3) is 0.818. The van der Waals surface area contributed by atoms with Crippen LogP contribution in [0.25, 0.3) is 0 Å². The molecule has 0 radical (unpaired) electrons. The number of rotatable bonds is 1. The van der Waals surface area contributed by atoms with Crippen LogP contribution in [0.1, 0.15) is 19.8 Å². The molecule has 0 saturated carbocycles. The molecule has 3 atom stereocenters. The number of carboxylic acid groups (broad SMARTS) is 1. The Labute approximate surface area is 99.8 Å². The summed E-state index contributed by atoms with van der Waals surface area (Å²) >= 11 is 0. The maximum Gasteiger partial charge on any atom is 0.320 e. The highest BCUT2D eigenvalue weighted by Gasteiger charge is 2.40. The lowest BCUT2D eigenvalue weighted by atomic mass is 10.0. The molecule has 0 spiro atoms. The first-order valence-electron chi connectivity index (χ1n) is 5.97. The first-order chi connectivity index (χ1) is 8.00. The molecule has 2 fully saturated rings. The van der Waals surface area contributed by atoms with E-state index < -0.39 is 18.0 Å². The Bertz CT molecular complexity index is 333. The maximum atomic E-state index is 12.1. The second kappa shape index (κ2) is 4.52. The zero-order chi connectivity index (χ0) is 12.6. The first-order valence-corrected chi connectivity index (χ1v) is 5.97. The molecule has 17 heavy (non-hydrogen) atoms. The van der Waals surface area contributed by atoms with Crippen LogP contribution in [-0.2, 0) is 4.79 Å². The molecule has 6 nitrogen and oxygen atoms in total. The molecule has 0 aromatic heterocycles. The van der Waals surface area contributed by atoms with Gasteiger partial charge in [-0.3, -0.25) is 4.79 Å². The molecule has 2 rings (SSSR count). The van der Waals surface area contributed by atoms with Crippen molar-refractivity contribution >= 4 is 12.0 Å². The monoisotopic (exact) mass is 242 g/mol. The van der Waals surface area contributed by atoms with Gasteiger partial charge >= 0.3 is 12.0 Å². The summed E-state index contributed by atoms with van der Waals surface area (Å²) in [6.45, 7) is 3.18. The standard InChI is InChI=1S/C11H18N2O4/c1-7-9(10(15)16)3-5-13(7)11(17)12-4-2-8(14)6-12/h7-9,14H,2-6H2,1H3,(H,15,16). The van der Waals surface area contributed by atoms with Crippen molar-refractivity contribution < 1.29 is 19.8 Å². The third-order valence-electron chi connectivity index (χ3n) is 3.75. The molecule has 0 aliphatic carbocycles. The number of urea groups is 1. The van der Waals surface area contributed by atoms with Gasteiger partial charge in [0.2, 0.25) is 0 Å². The van der Waals surface area contributed by atoms with Gasteiger partial charge in [0.25, 0.3) is 0 Å². The maximum absolute atomic E-state index is 12.1. The van der Waals surface area contributed by atoms with E-state index in [2.05, 4.69) is 0 Å². The van der Waals surface area contributed by atoms with Gasteiger partial charge in [0, 0.05) is 25.7 Å². The molecule has 0 aromatic rings. The van der Waals surface area contributed by atoms with Crippen LogP contribution in [0.4, 0.5) is 4.79 Å². The number of likely N-dealkylation sites (tertiary alicyclic amines) is 2. The fourth-order valence-corrected chi connectivity index (χ4v) is 2.64. The lowest BCUT2D eigenvalue weighted by molar-refractivity contribution is -0.142. The number of aliphatic hydroxyl groups is 1. The summed E-state index contributed by atoms with van der Waals surface area (Å²) in [4.78, 5) is 26.3. The lowest BCUT2D eigenvalue weighted by Crippen LogP contribution is -2.45. The van der Waals surface area contributed by atoms with E-state index >= 15 is 0 Å². The predicted molar refractivity (Wildman–Crippen MR) is 59.5 cm³/mol. The minimum Gasteiger partial charge on any atom is -0.481 e. The van der Waals surface area contributed by atoms with Gasteiger partial charge < -0.3 is 20.0 Å². The average Bonchev–Trinajstić information content (AvgIpc) is 2.83. The number of hydrogen-bond donors (Lipinski definition) is 2. The molecule has 2 amide bonds. The highest BCUT2D eigenvalue weighted by atomic mass is 16.4. The molecule has 0 aromatic carbocycles. The van der Waals surface area contributed by atoms with Crippen LogP contribution in [0.3, 0.4) is 0 Å². The van der Waals surface area contributed by atoms with Gasteiger partial charge in [0.05, 0.1) is 12.0 Å². The van der Waals surface area contributed by atoms with Crippen molar-refractivity contribution in [3.05, 3.63) is 0 Å². The van der Waals surface area contributed by atoms with Crippen molar-refractivity contribution in [2.24, 2.45) is 5.92 Å². The van der Waals surface area contributed by atoms with Gasteiger partial charge in [-0.2, -0.15) is 0 Å². The number of aliphatic hydroxyl groups excluding tert-OH is 1. The van der Waals surface area contributed by atoms with Crippen LogP contribution in [0.15, 0.2) is 0 Å². The molecular formula is C11H18N2O4. The minimum atomic E-state index is -0.839. The van der Waals surface area contributed by atoms with E-state index in [0.29, 0.717) is 32.5 Å². The van der Waals surface area contributed by atoms with Crippen LogP contribution >= 0.6 is 0 Å². The smallest absolute Gasteiger partial charge is 0.320 e. The Balaban J connectivity index is 1.99. The van der Waals surface area contributed by atoms with Crippen LogP contribution in [-0.4, -0.2) is 63.8 Å². The van der Waals surface area contributed by atoms with E-state index in [-0.39, 0.29) is 12.1 Å². The molecule has 6 heteroatoms. The largest absolute Gasteiger partial charge is 0.481 e.